The molecule has 0 unspecified atom stereocenters. The summed E-state index contributed by atoms with van der Waals surface area (Å²) in [6, 6.07) is 2.70. The fourth-order valence-electron chi connectivity index (χ4n) is 3.93. The molecule has 1 amide bonds. The zero-order valence-corrected chi connectivity index (χ0v) is 17.4. The molecule has 0 atom stereocenters. The first-order valence-electron chi connectivity index (χ1n) is 10.5. The third-order valence-corrected chi connectivity index (χ3v) is 5.68. The molecule has 1 saturated heterocycles. The second-order valence-corrected chi connectivity index (χ2v) is 7.59. The molecule has 1 aromatic carbocycles. The van der Waals surface area contributed by atoms with Gasteiger partial charge < -0.3 is 24.3 Å². The molecular formula is C22H27FN3O4-. The van der Waals surface area contributed by atoms with Gasteiger partial charge in [-0.05, 0) is 25.5 Å². The van der Waals surface area contributed by atoms with Gasteiger partial charge in [-0.25, -0.2) is 4.39 Å². The molecule has 2 heterocycles. The van der Waals surface area contributed by atoms with Gasteiger partial charge in [0.05, 0.1) is 22.7 Å². The second-order valence-electron chi connectivity index (χ2n) is 7.59. The van der Waals surface area contributed by atoms with Crippen LogP contribution in [0.25, 0.3) is 10.9 Å². The quantitative estimate of drug-likeness (QED) is 0.642. The van der Waals surface area contributed by atoms with Crippen LogP contribution in [0.2, 0.25) is 0 Å². The number of pyridine rings is 1. The highest BCUT2D eigenvalue weighted by atomic mass is 19.1. The minimum atomic E-state index is -1.58. The fourth-order valence-corrected chi connectivity index (χ4v) is 3.93. The molecule has 2 aromatic rings. The summed E-state index contributed by atoms with van der Waals surface area (Å²) in [4.78, 5) is 39.7. The third kappa shape index (κ3) is 4.32. The molecule has 0 bridgehead atoms. The number of unbranched alkanes of at least 4 members (excludes halogenated alkanes) is 2. The number of hydrogen-bond acceptors (Lipinski definition) is 5. The number of amides is 1. The maximum atomic E-state index is 14.9. The maximum absolute atomic E-state index is 14.9. The number of halogens is 1. The molecule has 1 aliphatic heterocycles. The van der Waals surface area contributed by atoms with Crippen molar-refractivity contribution < 1.29 is 19.1 Å². The Kier molecular flexibility index (Phi) is 6.74. The van der Waals surface area contributed by atoms with Crippen LogP contribution in [-0.2, 0) is 11.3 Å². The molecule has 1 fully saturated rings. The minimum absolute atomic E-state index is 0.0181. The van der Waals surface area contributed by atoms with E-state index < -0.39 is 22.8 Å². The van der Waals surface area contributed by atoms with E-state index in [0.717, 1.165) is 25.3 Å². The van der Waals surface area contributed by atoms with Gasteiger partial charge in [0.2, 0.25) is 5.91 Å². The van der Waals surface area contributed by atoms with Crippen molar-refractivity contribution in [1.82, 2.24) is 9.47 Å². The van der Waals surface area contributed by atoms with Gasteiger partial charge in [0.25, 0.3) is 0 Å². The van der Waals surface area contributed by atoms with Gasteiger partial charge in [0.1, 0.15) is 5.82 Å². The first kappa shape index (κ1) is 21.8. The Morgan fingerprint density at radius 1 is 1.10 bits per heavy atom. The Labute approximate surface area is 174 Å². The van der Waals surface area contributed by atoms with Gasteiger partial charge in [0.15, 0.2) is 5.43 Å². The van der Waals surface area contributed by atoms with Crippen molar-refractivity contribution in [2.24, 2.45) is 0 Å². The Hall–Kier alpha value is -2.90. The number of rotatable bonds is 7. The van der Waals surface area contributed by atoms with Crippen LogP contribution < -0.4 is 15.4 Å². The normalized spacial score (nSPS) is 14.4. The van der Waals surface area contributed by atoms with Crippen LogP contribution in [0.15, 0.2) is 23.1 Å². The van der Waals surface area contributed by atoms with E-state index in [4.69, 9.17) is 0 Å². The summed E-state index contributed by atoms with van der Waals surface area (Å²) in [7, 11) is 0. The van der Waals surface area contributed by atoms with Crippen molar-refractivity contribution in [3.63, 3.8) is 0 Å². The number of nitrogens with zero attached hydrogens (tertiary/aromatic N) is 3. The van der Waals surface area contributed by atoms with E-state index in [1.165, 1.54) is 6.20 Å². The van der Waals surface area contributed by atoms with Crippen molar-refractivity contribution in [3.05, 3.63) is 39.9 Å². The summed E-state index contributed by atoms with van der Waals surface area (Å²) in [6.07, 6.45) is 4.77. The number of carbonyl (C=O) groups is 2. The Morgan fingerprint density at radius 3 is 2.40 bits per heavy atom. The monoisotopic (exact) mass is 416 g/mol. The van der Waals surface area contributed by atoms with E-state index in [0.29, 0.717) is 50.3 Å². The number of hydrogen-bond donors (Lipinski definition) is 0. The molecule has 0 radical (unpaired) electrons. The van der Waals surface area contributed by atoms with E-state index in [2.05, 4.69) is 6.92 Å². The number of aromatic nitrogens is 1. The van der Waals surface area contributed by atoms with Gasteiger partial charge in [-0.3, -0.25) is 9.59 Å². The summed E-state index contributed by atoms with van der Waals surface area (Å²) >= 11 is 0. The lowest BCUT2D eigenvalue weighted by Gasteiger charge is -2.36. The number of aromatic carboxylic acids is 1. The first-order valence-corrected chi connectivity index (χ1v) is 10.5. The average molecular weight is 416 g/mol. The maximum Gasteiger partial charge on any atom is 0.222 e. The number of fused-ring (bicyclic) bond motifs is 1. The van der Waals surface area contributed by atoms with Crippen molar-refractivity contribution in [2.75, 3.05) is 31.1 Å². The predicted octanol–water partition coefficient (Wildman–Crippen LogP) is 1.75. The van der Waals surface area contributed by atoms with E-state index in [-0.39, 0.29) is 11.3 Å². The second kappa shape index (κ2) is 9.28. The highest BCUT2D eigenvalue weighted by molar-refractivity contribution is 5.92. The lowest BCUT2D eigenvalue weighted by Crippen LogP contribution is -2.49. The summed E-state index contributed by atoms with van der Waals surface area (Å²) in [5, 5.41) is 11.3. The highest BCUT2D eigenvalue weighted by Crippen LogP contribution is 2.26. The van der Waals surface area contributed by atoms with E-state index in [1.54, 1.807) is 10.6 Å². The number of aryl methyl sites for hydroxylation is 1. The van der Waals surface area contributed by atoms with E-state index in [9.17, 15) is 23.9 Å². The minimum Gasteiger partial charge on any atom is -0.545 e. The van der Waals surface area contributed by atoms with Gasteiger partial charge in [0, 0.05) is 50.7 Å². The van der Waals surface area contributed by atoms with Crippen LogP contribution >= 0.6 is 0 Å². The van der Waals surface area contributed by atoms with Gasteiger partial charge in [-0.2, -0.15) is 0 Å². The number of carboxylic acid groups (broad SMARTS) is 1. The van der Waals surface area contributed by atoms with E-state index in [1.807, 2.05) is 16.7 Å². The summed E-state index contributed by atoms with van der Waals surface area (Å²) < 4.78 is 16.5. The fraction of sp³-hybridized carbons (Fsp3) is 0.500. The molecule has 162 valence electrons. The van der Waals surface area contributed by atoms with Crippen molar-refractivity contribution in [3.8, 4) is 0 Å². The van der Waals surface area contributed by atoms with Gasteiger partial charge >= 0.3 is 0 Å². The first-order chi connectivity index (χ1) is 14.4. The molecule has 3 rings (SSSR count). The van der Waals surface area contributed by atoms with E-state index >= 15 is 0 Å². The smallest absolute Gasteiger partial charge is 0.222 e. The number of carboxylic acids is 1. The number of piperazine rings is 1. The van der Waals surface area contributed by atoms with Crippen LogP contribution in [0.5, 0.6) is 0 Å². The third-order valence-electron chi connectivity index (χ3n) is 5.68. The lowest BCUT2D eigenvalue weighted by atomic mass is 10.1. The molecule has 1 aliphatic rings. The van der Waals surface area contributed by atoms with Gasteiger partial charge in [-0.15, -0.1) is 0 Å². The summed E-state index contributed by atoms with van der Waals surface area (Å²) in [6.45, 7) is 6.36. The molecule has 0 spiro atoms. The molecule has 0 saturated carbocycles. The zero-order chi connectivity index (χ0) is 21.8. The molecule has 1 aromatic heterocycles. The largest absolute Gasteiger partial charge is 0.545 e. The Balaban J connectivity index is 1.85. The molecule has 0 N–H and O–H groups in total. The number of anilines is 1. The molecule has 30 heavy (non-hydrogen) atoms. The molecule has 7 nitrogen and oxygen atoms in total. The Bertz CT molecular complexity index is 1010. The summed E-state index contributed by atoms with van der Waals surface area (Å²) in [5.41, 5.74) is -0.403. The molecule has 0 aliphatic carbocycles. The lowest BCUT2D eigenvalue weighted by molar-refractivity contribution is -0.255. The van der Waals surface area contributed by atoms with Crippen LogP contribution in [0.1, 0.15) is 49.9 Å². The number of carbonyl (C=O) groups excluding carboxylic acids is 2. The van der Waals surface area contributed by atoms with Crippen molar-refractivity contribution in [1.29, 1.82) is 0 Å². The van der Waals surface area contributed by atoms with Gasteiger partial charge in [-0.1, -0.05) is 19.8 Å². The molecule has 8 heteroatoms. The van der Waals surface area contributed by atoms with Crippen LogP contribution in [0.4, 0.5) is 10.1 Å². The summed E-state index contributed by atoms with van der Waals surface area (Å²) in [5.74, 6) is -2.02. The zero-order valence-electron chi connectivity index (χ0n) is 17.4. The predicted molar refractivity (Wildman–Crippen MR) is 111 cm³/mol. The SMILES string of the molecule is CCCCCC(=O)N1CCN(c2cc3c(cc2F)c(=O)c(C(=O)[O-])cn3CC)CC1. The Morgan fingerprint density at radius 2 is 1.80 bits per heavy atom. The van der Waals surface area contributed by atoms with Crippen LogP contribution in [0, 0.1) is 5.82 Å². The van der Waals surface area contributed by atoms with Crippen LogP contribution in [-0.4, -0.2) is 47.5 Å². The van der Waals surface area contributed by atoms with Crippen molar-refractivity contribution in [2.45, 2.75) is 46.1 Å². The van der Waals surface area contributed by atoms with Crippen molar-refractivity contribution >= 4 is 28.5 Å². The molecular weight excluding hydrogens is 389 g/mol. The standard InChI is InChI=1S/C22H28FN3O4/c1-3-5-6-7-20(27)26-10-8-25(9-11-26)19-13-18-15(12-17(19)23)21(28)16(22(29)30)14-24(18)4-2/h12-14H,3-11H2,1-2H3,(H,29,30)/p-1. The topological polar surface area (TPSA) is 85.7 Å². The average Bonchev–Trinajstić information content (AvgIpc) is 2.74. The highest BCUT2D eigenvalue weighted by Gasteiger charge is 2.23. The van der Waals surface area contributed by atoms with Crippen LogP contribution in [0.3, 0.4) is 0 Å². The number of benzene rings is 1.